The SMILES string of the molecule is Cn1cc(C2(C(C)(C)C)CCCN2)cn1. The average Bonchev–Trinajstić information content (AvgIpc) is 2.69. The Kier molecular flexibility index (Phi) is 2.38. The molecule has 1 N–H and O–H groups in total. The number of hydrogen-bond donors (Lipinski definition) is 1. The first kappa shape index (κ1) is 10.7. The molecular weight excluding hydrogens is 186 g/mol. The summed E-state index contributed by atoms with van der Waals surface area (Å²) in [6.45, 7) is 8.03. The van der Waals surface area contributed by atoms with Crippen molar-refractivity contribution in [2.45, 2.75) is 39.2 Å². The zero-order chi connectivity index (χ0) is 11.1. The molecule has 0 spiro atoms. The van der Waals surface area contributed by atoms with Gasteiger partial charge in [0.15, 0.2) is 0 Å². The van der Waals surface area contributed by atoms with E-state index >= 15 is 0 Å². The second-order valence-electron chi connectivity index (χ2n) is 5.59. The van der Waals surface area contributed by atoms with Crippen molar-refractivity contribution in [1.82, 2.24) is 15.1 Å². The van der Waals surface area contributed by atoms with Crippen LogP contribution in [0.5, 0.6) is 0 Å². The smallest absolute Gasteiger partial charge is 0.0540 e. The predicted octanol–water partition coefficient (Wildman–Crippen LogP) is 2.04. The lowest BCUT2D eigenvalue weighted by Crippen LogP contribution is -2.47. The number of nitrogens with one attached hydrogen (secondary N) is 1. The highest BCUT2D eigenvalue weighted by Crippen LogP contribution is 2.45. The Morgan fingerprint density at radius 1 is 1.47 bits per heavy atom. The molecule has 0 saturated carbocycles. The van der Waals surface area contributed by atoms with Crippen molar-refractivity contribution in [2.24, 2.45) is 12.5 Å². The molecule has 15 heavy (non-hydrogen) atoms. The van der Waals surface area contributed by atoms with Gasteiger partial charge >= 0.3 is 0 Å². The van der Waals surface area contributed by atoms with E-state index < -0.39 is 0 Å². The Hall–Kier alpha value is -0.830. The topological polar surface area (TPSA) is 29.9 Å². The fraction of sp³-hybridized carbons (Fsp3) is 0.750. The summed E-state index contributed by atoms with van der Waals surface area (Å²) < 4.78 is 1.89. The fourth-order valence-electron chi connectivity index (χ4n) is 2.70. The average molecular weight is 207 g/mol. The summed E-state index contributed by atoms with van der Waals surface area (Å²) in [6.07, 6.45) is 6.61. The van der Waals surface area contributed by atoms with Crippen molar-refractivity contribution in [2.75, 3.05) is 6.54 Å². The zero-order valence-corrected chi connectivity index (χ0v) is 10.2. The largest absolute Gasteiger partial charge is 0.307 e. The molecule has 1 fully saturated rings. The molecule has 3 nitrogen and oxygen atoms in total. The third kappa shape index (κ3) is 1.59. The van der Waals surface area contributed by atoms with Crippen LogP contribution in [0.15, 0.2) is 12.4 Å². The van der Waals surface area contributed by atoms with Crippen molar-refractivity contribution < 1.29 is 0 Å². The van der Waals surface area contributed by atoms with E-state index in [1.165, 1.54) is 18.4 Å². The first-order valence-electron chi connectivity index (χ1n) is 5.70. The molecule has 1 aromatic heterocycles. The second-order valence-corrected chi connectivity index (χ2v) is 5.59. The molecule has 0 bridgehead atoms. The van der Waals surface area contributed by atoms with E-state index in [0.29, 0.717) is 0 Å². The van der Waals surface area contributed by atoms with Crippen molar-refractivity contribution in [3.05, 3.63) is 18.0 Å². The summed E-state index contributed by atoms with van der Waals surface area (Å²) in [4.78, 5) is 0. The third-order valence-electron chi connectivity index (χ3n) is 3.63. The van der Waals surface area contributed by atoms with Crippen LogP contribution in [0.2, 0.25) is 0 Å². The van der Waals surface area contributed by atoms with Crippen LogP contribution in [0.25, 0.3) is 0 Å². The Balaban J connectivity index is 2.43. The molecule has 1 aliphatic rings. The summed E-state index contributed by atoms with van der Waals surface area (Å²) >= 11 is 0. The van der Waals surface area contributed by atoms with Gasteiger partial charge in [-0.05, 0) is 24.8 Å². The second kappa shape index (κ2) is 3.34. The molecule has 3 heteroatoms. The van der Waals surface area contributed by atoms with Gasteiger partial charge in [-0.1, -0.05) is 20.8 Å². The number of rotatable bonds is 1. The lowest BCUT2D eigenvalue weighted by molar-refractivity contribution is 0.160. The van der Waals surface area contributed by atoms with Crippen molar-refractivity contribution in [3.63, 3.8) is 0 Å². The van der Waals surface area contributed by atoms with Gasteiger partial charge in [0.2, 0.25) is 0 Å². The normalized spacial score (nSPS) is 27.2. The monoisotopic (exact) mass is 207 g/mol. The minimum atomic E-state index is 0.112. The molecule has 1 aromatic rings. The van der Waals surface area contributed by atoms with E-state index in [2.05, 4.69) is 37.4 Å². The lowest BCUT2D eigenvalue weighted by Gasteiger charge is -2.41. The van der Waals surface area contributed by atoms with Gasteiger partial charge in [-0.25, -0.2) is 0 Å². The first-order valence-corrected chi connectivity index (χ1v) is 5.70. The van der Waals surface area contributed by atoms with Crippen LogP contribution < -0.4 is 5.32 Å². The van der Waals surface area contributed by atoms with E-state index in [1.807, 2.05) is 17.9 Å². The minimum absolute atomic E-state index is 0.112. The third-order valence-corrected chi connectivity index (χ3v) is 3.63. The summed E-state index contributed by atoms with van der Waals surface area (Å²) in [7, 11) is 1.98. The van der Waals surface area contributed by atoms with E-state index in [0.717, 1.165) is 6.54 Å². The maximum Gasteiger partial charge on any atom is 0.0540 e. The van der Waals surface area contributed by atoms with Crippen molar-refractivity contribution in [1.29, 1.82) is 0 Å². The van der Waals surface area contributed by atoms with Gasteiger partial charge in [0.25, 0.3) is 0 Å². The zero-order valence-electron chi connectivity index (χ0n) is 10.2. The molecule has 1 atom stereocenters. The van der Waals surface area contributed by atoms with E-state index in [-0.39, 0.29) is 11.0 Å². The highest BCUT2D eigenvalue weighted by Gasteiger charge is 2.45. The number of hydrogen-bond acceptors (Lipinski definition) is 2. The molecular formula is C12H21N3. The van der Waals surface area contributed by atoms with Gasteiger partial charge in [0.05, 0.1) is 11.7 Å². The van der Waals surface area contributed by atoms with Gasteiger partial charge in [-0.15, -0.1) is 0 Å². The van der Waals surface area contributed by atoms with E-state index in [4.69, 9.17) is 0 Å². The van der Waals surface area contributed by atoms with Crippen LogP contribution in [0.1, 0.15) is 39.2 Å². The predicted molar refractivity (Wildman–Crippen MR) is 61.6 cm³/mol. The van der Waals surface area contributed by atoms with Crippen LogP contribution in [0, 0.1) is 5.41 Å². The van der Waals surface area contributed by atoms with Crippen molar-refractivity contribution >= 4 is 0 Å². The van der Waals surface area contributed by atoms with Crippen LogP contribution >= 0.6 is 0 Å². The summed E-state index contributed by atoms with van der Waals surface area (Å²) in [6, 6.07) is 0. The number of aromatic nitrogens is 2. The van der Waals surface area contributed by atoms with E-state index in [9.17, 15) is 0 Å². The first-order chi connectivity index (χ1) is 6.96. The molecule has 2 rings (SSSR count). The molecule has 1 saturated heterocycles. The molecule has 84 valence electrons. The minimum Gasteiger partial charge on any atom is -0.307 e. The standard InChI is InChI=1S/C12H21N3/c1-11(2,3)12(6-5-7-13-12)10-8-14-15(4)9-10/h8-9,13H,5-7H2,1-4H3. The Morgan fingerprint density at radius 2 is 2.20 bits per heavy atom. The fourth-order valence-corrected chi connectivity index (χ4v) is 2.70. The van der Waals surface area contributed by atoms with Crippen LogP contribution in [0.3, 0.4) is 0 Å². The Bertz CT molecular complexity index is 340. The molecule has 0 amide bonds. The summed E-state index contributed by atoms with van der Waals surface area (Å²) in [5.41, 5.74) is 1.67. The van der Waals surface area contributed by atoms with Crippen LogP contribution in [-0.2, 0) is 12.6 Å². The van der Waals surface area contributed by atoms with E-state index in [1.54, 1.807) is 0 Å². The lowest BCUT2D eigenvalue weighted by atomic mass is 9.69. The van der Waals surface area contributed by atoms with Crippen LogP contribution in [-0.4, -0.2) is 16.3 Å². The molecule has 0 radical (unpaired) electrons. The van der Waals surface area contributed by atoms with Gasteiger partial charge in [0.1, 0.15) is 0 Å². The number of nitrogens with zero attached hydrogens (tertiary/aromatic N) is 2. The highest BCUT2D eigenvalue weighted by molar-refractivity contribution is 5.23. The van der Waals surface area contributed by atoms with Crippen molar-refractivity contribution in [3.8, 4) is 0 Å². The molecule has 0 aliphatic carbocycles. The maximum absolute atomic E-state index is 4.30. The van der Waals surface area contributed by atoms with Crippen LogP contribution in [0.4, 0.5) is 0 Å². The van der Waals surface area contributed by atoms with Gasteiger partial charge in [-0.2, -0.15) is 5.10 Å². The highest BCUT2D eigenvalue weighted by atomic mass is 15.2. The quantitative estimate of drug-likeness (QED) is 0.763. The Labute approximate surface area is 91.9 Å². The number of aryl methyl sites for hydroxylation is 1. The van der Waals surface area contributed by atoms with Gasteiger partial charge in [0, 0.05) is 18.8 Å². The van der Waals surface area contributed by atoms with Gasteiger partial charge in [-0.3, -0.25) is 4.68 Å². The summed E-state index contributed by atoms with van der Waals surface area (Å²) in [5.74, 6) is 0. The molecule has 1 aliphatic heterocycles. The molecule has 2 heterocycles. The maximum atomic E-state index is 4.30. The molecule has 1 unspecified atom stereocenters. The summed E-state index contributed by atoms with van der Waals surface area (Å²) in [5, 5.41) is 7.98. The Morgan fingerprint density at radius 3 is 2.60 bits per heavy atom. The van der Waals surface area contributed by atoms with Gasteiger partial charge < -0.3 is 5.32 Å². The molecule has 0 aromatic carbocycles.